The Kier molecular flexibility index (Phi) is 6.84. The van der Waals surface area contributed by atoms with Gasteiger partial charge in [0, 0.05) is 12.0 Å². The van der Waals surface area contributed by atoms with Gasteiger partial charge in [0.15, 0.2) is 6.10 Å². The molecule has 4 atom stereocenters. The van der Waals surface area contributed by atoms with E-state index in [1.165, 1.54) is 24.9 Å². The number of aromatic nitrogens is 1. The van der Waals surface area contributed by atoms with Crippen molar-refractivity contribution in [1.29, 1.82) is 0 Å². The molecule has 2 aliphatic rings. The molecule has 0 unspecified atom stereocenters. The summed E-state index contributed by atoms with van der Waals surface area (Å²) in [6, 6.07) is 0.429. The zero-order chi connectivity index (χ0) is 23.6. The summed E-state index contributed by atoms with van der Waals surface area (Å²) in [7, 11) is 2.40. The summed E-state index contributed by atoms with van der Waals surface area (Å²) < 4.78 is 21.4. The highest BCUT2D eigenvalue weighted by Gasteiger charge is 2.39. The molecule has 0 amide bonds. The van der Waals surface area contributed by atoms with Gasteiger partial charge in [0.2, 0.25) is 5.76 Å². The Labute approximate surface area is 181 Å². The highest BCUT2D eigenvalue weighted by atomic mass is 16.7. The first kappa shape index (κ1) is 23.3. The quantitative estimate of drug-likeness (QED) is 0.434. The Bertz CT molecular complexity index is 1010. The lowest BCUT2D eigenvalue weighted by atomic mass is 10.1. The number of carboxylic acid groups (broad SMARTS) is 1. The summed E-state index contributed by atoms with van der Waals surface area (Å²) in [5.74, 6) is -3.23. The molecule has 3 N–H and O–H groups in total. The maximum atomic E-state index is 13.0. The molecule has 1 aromatic rings. The van der Waals surface area contributed by atoms with Gasteiger partial charge in [0.1, 0.15) is 17.9 Å². The van der Waals surface area contributed by atoms with Crippen LogP contribution in [0.25, 0.3) is 0 Å². The largest absolute Gasteiger partial charge is 0.475 e. The lowest BCUT2D eigenvalue weighted by molar-refractivity contribution is -0.172. The predicted molar refractivity (Wildman–Crippen MR) is 104 cm³/mol. The van der Waals surface area contributed by atoms with Crippen molar-refractivity contribution >= 4 is 17.9 Å². The maximum absolute atomic E-state index is 13.0. The van der Waals surface area contributed by atoms with Gasteiger partial charge in [-0.15, -0.1) is 0 Å². The molecule has 2 aliphatic heterocycles. The van der Waals surface area contributed by atoms with Gasteiger partial charge in [-0.1, -0.05) is 0 Å². The number of pyridine rings is 1. The van der Waals surface area contributed by atoms with Crippen LogP contribution in [0.2, 0.25) is 0 Å². The number of rotatable bonds is 7. The van der Waals surface area contributed by atoms with Gasteiger partial charge in [0.05, 0.1) is 19.9 Å². The van der Waals surface area contributed by atoms with Crippen molar-refractivity contribution in [3.63, 3.8) is 0 Å². The van der Waals surface area contributed by atoms with Crippen molar-refractivity contribution in [3.05, 3.63) is 39.5 Å². The summed E-state index contributed by atoms with van der Waals surface area (Å²) >= 11 is 0. The SMILES string of the molecule is COC(=O)CCc1cc(O[C@@H]2OC(C(=O)O)=C[C@H](O)[C@H]2O)c2n(c1=O)[C@H](C(=O)OC)CC2. The van der Waals surface area contributed by atoms with Crippen LogP contribution in [-0.2, 0) is 41.4 Å². The number of hydrogen-bond donors (Lipinski definition) is 3. The topological polar surface area (TPSA) is 171 Å². The standard InChI is InChI=1S/C20H23NO11/c1-29-15(23)6-3-9-7-13(10-4-5-11(19(28)30-2)21(10)17(9)25)31-20-16(24)12(22)8-14(32-20)18(26)27/h7-8,11-12,16,20,22,24H,3-6H2,1-2H3,(H,26,27)/t11-,12-,16+,20+/m0/s1. The molecule has 0 bridgehead atoms. The Balaban J connectivity index is 2.02. The molecule has 174 valence electrons. The number of aliphatic hydroxyl groups is 2. The lowest BCUT2D eigenvalue weighted by Gasteiger charge is -2.31. The number of carbonyl (C=O) groups excluding carboxylic acids is 2. The van der Waals surface area contributed by atoms with E-state index >= 15 is 0 Å². The number of aliphatic carboxylic acids is 1. The summed E-state index contributed by atoms with van der Waals surface area (Å²) in [5, 5.41) is 29.3. The van der Waals surface area contributed by atoms with E-state index in [1.807, 2.05) is 0 Å². The number of carboxylic acids is 1. The van der Waals surface area contributed by atoms with Crippen molar-refractivity contribution in [3.8, 4) is 5.75 Å². The van der Waals surface area contributed by atoms with Crippen molar-refractivity contribution in [1.82, 2.24) is 4.57 Å². The molecule has 0 aliphatic carbocycles. The van der Waals surface area contributed by atoms with Crippen LogP contribution in [0.15, 0.2) is 22.7 Å². The van der Waals surface area contributed by atoms with E-state index in [-0.39, 0.29) is 37.0 Å². The minimum absolute atomic E-state index is 0.0208. The summed E-state index contributed by atoms with van der Waals surface area (Å²) in [4.78, 5) is 48.0. The molecule has 1 aromatic heterocycles. The number of methoxy groups -OCH3 is 2. The Hall–Kier alpha value is -3.38. The molecule has 0 spiro atoms. The highest BCUT2D eigenvalue weighted by Crippen LogP contribution is 2.34. The molecule has 0 saturated heterocycles. The van der Waals surface area contributed by atoms with Crippen molar-refractivity contribution in [2.45, 2.75) is 50.2 Å². The van der Waals surface area contributed by atoms with E-state index in [0.29, 0.717) is 5.69 Å². The van der Waals surface area contributed by atoms with Crippen LogP contribution < -0.4 is 10.3 Å². The molecule has 12 nitrogen and oxygen atoms in total. The molecule has 32 heavy (non-hydrogen) atoms. The van der Waals surface area contributed by atoms with Crippen molar-refractivity contribution in [2.24, 2.45) is 0 Å². The fourth-order valence-corrected chi connectivity index (χ4v) is 3.64. The Morgan fingerprint density at radius 2 is 1.94 bits per heavy atom. The van der Waals surface area contributed by atoms with E-state index in [4.69, 9.17) is 19.3 Å². The van der Waals surface area contributed by atoms with Gasteiger partial charge in [0.25, 0.3) is 11.8 Å². The fraction of sp³-hybridized carbons (Fsp3) is 0.500. The number of fused-ring (bicyclic) bond motifs is 1. The number of aliphatic hydroxyl groups excluding tert-OH is 2. The van der Waals surface area contributed by atoms with Crippen LogP contribution in [0.3, 0.4) is 0 Å². The van der Waals surface area contributed by atoms with Gasteiger partial charge in [-0.3, -0.25) is 14.2 Å². The van der Waals surface area contributed by atoms with Gasteiger partial charge >= 0.3 is 17.9 Å². The normalized spacial score (nSPS) is 24.1. The predicted octanol–water partition coefficient (Wildman–Crippen LogP) is -0.960. The molecule has 0 aromatic carbocycles. The molecule has 0 saturated carbocycles. The number of ether oxygens (including phenoxy) is 4. The average Bonchev–Trinajstić information content (AvgIpc) is 3.22. The second-order valence-corrected chi connectivity index (χ2v) is 7.23. The average molecular weight is 453 g/mol. The first-order valence-corrected chi connectivity index (χ1v) is 9.74. The van der Waals surface area contributed by atoms with Crippen LogP contribution >= 0.6 is 0 Å². The van der Waals surface area contributed by atoms with E-state index in [1.54, 1.807) is 0 Å². The van der Waals surface area contributed by atoms with Crippen LogP contribution in [-0.4, -0.2) is 70.5 Å². The molecule has 0 fully saturated rings. The van der Waals surface area contributed by atoms with Crippen molar-refractivity contribution < 1.29 is 48.7 Å². The van der Waals surface area contributed by atoms with Crippen molar-refractivity contribution in [2.75, 3.05) is 14.2 Å². The third-order valence-electron chi connectivity index (χ3n) is 5.29. The summed E-state index contributed by atoms with van der Waals surface area (Å²) in [6.45, 7) is 0. The molecular weight excluding hydrogens is 430 g/mol. The third kappa shape index (κ3) is 4.46. The van der Waals surface area contributed by atoms with Crippen LogP contribution in [0.4, 0.5) is 0 Å². The van der Waals surface area contributed by atoms with Crippen LogP contribution in [0.5, 0.6) is 5.75 Å². The third-order valence-corrected chi connectivity index (χ3v) is 5.29. The summed E-state index contributed by atoms with van der Waals surface area (Å²) in [5.41, 5.74) is -0.0749. The lowest BCUT2D eigenvalue weighted by Crippen LogP contribution is -2.46. The molecule has 0 radical (unpaired) electrons. The minimum atomic E-state index is -1.62. The zero-order valence-electron chi connectivity index (χ0n) is 17.3. The molecular formula is C20H23NO11. The maximum Gasteiger partial charge on any atom is 0.371 e. The second-order valence-electron chi connectivity index (χ2n) is 7.23. The fourth-order valence-electron chi connectivity index (χ4n) is 3.64. The van der Waals surface area contributed by atoms with Crippen LogP contribution in [0.1, 0.15) is 30.1 Å². The smallest absolute Gasteiger partial charge is 0.371 e. The first-order chi connectivity index (χ1) is 15.2. The Morgan fingerprint density at radius 3 is 2.56 bits per heavy atom. The number of carbonyl (C=O) groups is 3. The van der Waals surface area contributed by atoms with Crippen LogP contribution in [0, 0.1) is 0 Å². The van der Waals surface area contributed by atoms with E-state index in [0.717, 1.165) is 6.08 Å². The van der Waals surface area contributed by atoms with Gasteiger partial charge in [-0.05, 0) is 31.4 Å². The van der Waals surface area contributed by atoms with Gasteiger partial charge in [-0.25, -0.2) is 9.59 Å². The number of aryl methyl sites for hydroxylation is 1. The zero-order valence-corrected chi connectivity index (χ0v) is 17.3. The monoisotopic (exact) mass is 453 g/mol. The number of nitrogens with zero attached hydrogens (tertiary/aromatic N) is 1. The molecule has 3 rings (SSSR count). The molecule has 3 heterocycles. The summed E-state index contributed by atoms with van der Waals surface area (Å²) in [6.07, 6.45) is -3.60. The first-order valence-electron chi connectivity index (χ1n) is 9.74. The number of esters is 2. The van der Waals surface area contributed by atoms with Gasteiger partial charge < -0.3 is 34.3 Å². The number of hydrogen-bond acceptors (Lipinski definition) is 10. The second kappa shape index (κ2) is 9.40. The van der Waals surface area contributed by atoms with E-state index in [9.17, 15) is 29.4 Å². The minimum Gasteiger partial charge on any atom is -0.475 e. The highest BCUT2D eigenvalue weighted by molar-refractivity contribution is 5.84. The molecule has 12 heteroatoms. The van der Waals surface area contributed by atoms with E-state index in [2.05, 4.69) is 4.74 Å². The van der Waals surface area contributed by atoms with E-state index < -0.39 is 53.8 Å². The van der Waals surface area contributed by atoms with Gasteiger partial charge in [-0.2, -0.15) is 0 Å². The Morgan fingerprint density at radius 1 is 1.22 bits per heavy atom.